The molecule has 0 amide bonds. The highest BCUT2D eigenvalue weighted by atomic mass is 16.4. The van der Waals surface area contributed by atoms with Crippen LogP contribution in [0, 0.1) is 0 Å². The SMILES string of the molecule is O=C(O)c1ccc(=O)n(C2CCCc3ccccc32)c1. The van der Waals surface area contributed by atoms with E-state index in [1.807, 2.05) is 18.2 Å². The summed E-state index contributed by atoms with van der Waals surface area (Å²) in [5, 5.41) is 9.08. The first-order chi connectivity index (χ1) is 9.66. The summed E-state index contributed by atoms with van der Waals surface area (Å²) in [4.78, 5) is 23.2. The molecule has 0 saturated heterocycles. The predicted molar refractivity (Wildman–Crippen MR) is 75.2 cm³/mol. The van der Waals surface area contributed by atoms with Gasteiger partial charge in [-0.3, -0.25) is 4.79 Å². The fourth-order valence-electron chi connectivity index (χ4n) is 2.89. The molecule has 3 rings (SSSR count). The third kappa shape index (κ3) is 2.13. The van der Waals surface area contributed by atoms with Crippen molar-refractivity contribution in [2.24, 2.45) is 0 Å². The number of hydrogen-bond donors (Lipinski definition) is 1. The van der Waals surface area contributed by atoms with Gasteiger partial charge in [0.15, 0.2) is 0 Å². The molecule has 2 aromatic rings. The minimum Gasteiger partial charge on any atom is -0.478 e. The molecule has 4 nitrogen and oxygen atoms in total. The second-order valence-corrected chi connectivity index (χ2v) is 5.08. The number of carboxylic acids is 1. The van der Waals surface area contributed by atoms with Crippen LogP contribution in [0.15, 0.2) is 47.4 Å². The maximum Gasteiger partial charge on any atom is 0.337 e. The largest absolute Gasteiger partial charge is 0.478 e. The average Bonchev–Trinajstić information content (AvgIpc) is 2.47. The van der Waals surface area contributed by atoms with Crippen LogP contribution in [0.2, 0.25) is 0 Å². The van der Waals surface area contributed by atoms with Crippen LogP contribution in [0.3, 0.4) is 0 Å². The van der Waals surface area contributed by atoms with Crippen molar-refractivity contribution in [2.75, 3.05) is 0 Å². The number of benzene rings is 1. The molecule has 4 heteroatoms. The van der Waals surface area contributed by atoms with E-state index < -0.39 is 5.97 Å². The smallest absolute Gasteiger partial charge is 0.337 e. The van der Waals surface area contributed by atoms with Crippen LogP contribution < -0.4 is 5.56 Å². The van der Waals surface area contributed by atoms with Crippen LogP contribution in [0.5, 0.6) is 0 Å². The third-order valence-corrected chi connectivity index (χ3v) is 3.86. The minimum atomic E-state index is -1.01. The van der Waals surface area contributed by atoms with E-state index in [-0.39, 0.29) is 17.2 Å². The van der Waals surface area contributed by atoms with Gasteiger partial charge in [0.2, 0.25) is 0 Å². The zero-order chi connectivity index (χ0) is 14.1. The lowest BCUT2D eigenvalue weighted by molar-refractivity contribution is 0.0695. The van der Waals surface area contributed by atoms with Crippen molar-refractivity contribution in [1.29, 1.82) is 0 Å². The first-order valence-corrected chi connectivity index (χ1v) is 6.70. The Bertz CT molecular complexity index is 718. The van der Waals surface area contributed by atoms with E-state index in [1.165, 1.54) is 23.9 Å². The molecule has 0 radical (unpaired) electrons. The monoisotopic (exact) mass is 269 g/mol. The number of nitrogens with zero attached hydrogens (tertiary/aromatic N) is 1. The number of carbonyl (C=O) groups is 1. The van der Waals surface area contributed by atoms with Gasteiger partial charge in [0, 0.05) is 12.3 Å². The second kappa shape index (κ2) is 4.96. The number of rotatable bonds is 2. The van der Waals surface area contributed by atoms with Gasteiger partial charge in [-0.1, -0.05) is 24.3 Å². The van der Waals surface area contributed by atoms with Crippen LogP contribution >= 0.6 is 0 Å². The van der Waals surface area contributed by atoms with Crippen LogP contribution in [-0.2, 0) is 6.42 Å². The van der Waals surface area contributed by atoms with E-state index in [0.717, 1.165) is 24.8 Å². The van der Waals surface area contributed by atoms with Crippen LogP contribution in [0.4, 0.5) is 0 Å². The minimum absolute atomic E-state index is 0.0632. The van der Waals surface area contributed by atoms with Crippen molar-refractivity contribution in [3.63, 3.8) is 0 Å². The molecule has 102 valence electrons. The Morgan fingerprint density at radius 1 is 1.20 bits per heavy atom. The summed E-state index contributed by atoms with van der Waals surface area (Å²) < 4.78 is 1.56. The van der Waals surface area contributed by atoms with Gasteiger partial charge in [0.05, 0.1) is 11.6 Å². The number of aryl methyl sites for hydroxylation is 1. The Morgan fingerprint density at radius 3 is 2.80 bits per heavy atom. The number of fused-ring (bicyclic) bond motifs is 1. The van der Waals surface area contributed by atoms with Gasteiger partial charge in [-0.15, -0.1) is 0 Å². The van der Waals surface area contributed by atoms with Crippen molar-refractivity contribution in [3.8, 4) is 0 Å². The molecule has 1 N–H and O–H groups in total. The maximum absolute atomic E-state index is 12.1. The first-order valence-electron chi connectivity index (χ1n) is 6.70. The molecule has 1 aliphatic rings. The van der Waals surface area contributed by atoms with Crippen molar-refractivity contribution in [2.45, 2.75) is 25.3 Å². The van der Waals surface area contributed by atoms with E-state index in [9.17, 15) is 9.59 Å². The van der Waals surface area contributed by atoms with Crippen molar-refractivity contribution in [3.05, 3.63) is 69.6 Å². The highest BCUT2D eigenvalue weighted by Gasteiger charge is 2.22. The Kier molecular flexibility index (Phi) is 3.14. The molecule has 1 aromatic carbocycles. The predicted octanol–water partition coefficient (Wildman–Crippen LogP) is 2.47. The van der Waals surface area contributed by atoms with Crippen molar-refractivity contribution in [1.82, 2.24) is 4.57 Å². The Hall–Kier alpha value is -2.36. The second-order valence-electron chi connectivity index (χ2n) is 5.08. The highest BCUT2D eigenvalue weighted by molar-refractivity contribution is 5.87. The molecular formula is C16H15NO3. The summed E-state index contributed by atoms with van der Waals surface area (Å²) in [7, 11) is 0. The number of carboxylic acid groups (broad SMARTS) is 1. The Morgan fingerprint density at radius 2 is 2.00 bits per heavy atom. The molecule has 0 saturated carbocycles. The standard InChI is InChI=1S/C16H15NO3/c18-15-9-8-12(16(19)20)10-17(15)14-7-3-5-11-4-1-2-6-13(11)14/h1-2,4,6,8-10,14H,3,5,7H2,(H,19,20). The zero-order valence-electron chi connectivity index (χ0n) is 11.0. The lowest BCUT2D eigenvalue weighted by Gasteiger charge is -2.27. The van der Waals surface area contributed by atoms with Crippen molar-refractivity contribution >= 4 is 5.97 Å². The Balaban J connectivity index is 2.13. The number of hydrogen-bond acceptors (Lipinski definition) is 2. The molecule has 0 aliphatic heterocycles. The van der Waals surface area contributed by atoms with Gasteiger partial charge in [-0.2, -0.15) is 0 Å². The lowest BCUT2D eigenvalue weighted by Crippen LogP contribution is -2.28. The van der Waals surface area contributed by atoms with Crippen LogP contribution in [0.25, 0.3) is 0 Å². The molecular weight excluding hydrogens is 254 g/mol. The topological polar surface area (TPSA) is 59.3 Å². The zero-order valence-corrected chi connectivity index (χ0v) is 11.0. The molecule has 20 heavy (non-hydrogen) atoms. The summed E-state index contributed by atoms with van der Waals surface area (Å²) in [6.07, 6.45) is 4.34. The van der Waals surface area contributed by atoms with E-state index in [2.05, 4.69) is 6.07 Å². The highest BCUT2D eigenvalue weighted by Crippen LogP contribution is 2.31. The summed E-state index contributed by atoms with van der Waals surface area (Å²) in [6.45, 7) is 0. The lowest BCUT2D eigenvalue weighted by atomic mass is 9.87. The summed E-state index contributed by atoms with van der Waals surface area (Å²) >= 11 is 0. The van der Waals surface area contributed by atoms with Gasteiger partial charge in [0.25, 0.3) is 5.56 Å². The van der Waals surface area contributed by atoms with E-state index in [0.29, 0.717) is 0 Å². The number of aromatic nitrogens is 1. The van der Waals surface area contributed by atoms with Crippen LogP contribution in [0.1, 0.15) is 40.4 Å². The van der Waals surface area contributed by atoms with Gasteiger partial charge < -0.3 is 9.67 Å². The number of pyridine rings is 1. The average molecular weight is 269 g/mol. The van der Waals surface area contributed by atoms with Gasteiger partial charge in [0.1, 0.15) is 0 Å². The molecule has 1 aromatic heterocycles. The van der Waals surface area contributed by atoms with Gasteiger partial charge >= 0.3 is 5.97 Å². The third-order valence-electron chi connectivity index (χ3n) is 3.86. The molecule has 1 unspecified atom stereocenters. The van der Waals surface area contributed by atoms with E-state index in [1.54, 1.807) is 4.57 Å². The molecule has 1 aliphatic carbocycles. The van der Waals surface area contributed by atoms with Crippen molar-refractivity contribution < 1.29 is 9.90 Å². The quantitative estimate of drug-likeness (QED) is 0.911. The summed E-state index contributed by atoms with van der Waals surface area (Å²) in [5.74, 6) is -1.01. The fraction of sp³-hybridized carbons (Fsp3) is 0.250. The maximum atomic E-state index is 12.1. The summed E-state index contributed by atoms with van der Waals surface area (Å²) in [6, 6.07) is 10.7. The van der Waals surface area contributed by atoms with Gasteiger partial charge in [-0.05, 0) is 36.5 Å². The molecule has 1 heterocycles. The normalized spacial score (nSPS) is 17.5. The fourth-order valence-corrected chi connectivity index (χ4v) is 2.89. The Labute approximate surface area is 116 Å². The summed E-state index contributed by atoms with van der Waals surface area (Å²) in [5.41, 5.74) is 2.36. The van der Waals surface area contributed by atoms with Crippen LogP contribution in [-0.4, -0.2) is 15.6 Å². The molecule has 0 fully saturated rings. The first kappa shape index (κ1) is 12.7. The van der Waals surface area contributed by atoms with Gasteiger partial charge in [-0.25, -0.2) is 4.79 Å². The van der Waals surface area contributed by atoms with E-state index in [4.69, 9.17) is 5.11 Å². The molecule has 1 atom stereocenters. The molecule has 0 spiro atoms. The number of aromatic carboxylic acids is 1. The molecule has 0 bridgehead atoms. The van der Waals surface area contributed by atoms with E-state index >= 15 is 0 Å².